The van der Waals surface area contributed by atoms with Crippen LogP contribution in [0, 0.1) is 0 Å². The van der Waals surface area contributed by atoms with E-state index >= 15 is 0 Å². The molecule has 0 spiro atoms. The van der Waals surface area contributed by atoms with Crippen molar-refractivity contribution in [3.05, 3.63) is 28.7 Å². The predicted molar refractivity (Wildman–Crippen MR) is 80.6 cm³/mol. The molecular formula is C14H20BrNO2S. The van der Waals surface area contributed by atoms with Gasteiger partial charge in [0.1, 0.15) is 0 Å². The van der Waals surface area contributed by atoms with Crippen LogP contribution in [-0.4, -0.2) is 24.8 Å². The highest BCUT2D eigenvalue weighted by Crippen LogP contribution is 2.32. The first-order chi connectivity index (χ1) is 8.94. The van der Waals surface area contributed by atoms with E-state index in [4.69, 9.17) is 0 Å². The lowest BCUT2D eigenvalue weighted by atomic mass is 10.2. The van der Waals surface area contributed by atoms with E-state index in [1.807, 2.05) is 19.9 Å². The van der Waals surface area contributed by atoms with Crippen LogP contribution in [0.5, 0.6) is 0 Å². The van der Waals surface area contributed by atoms with Crippen molar-refractivity contribution in [1.82, 2.24) is 4.31 Å². The van der Waals surface area contributed by atoms with Crippen LogP contribution in [0.1, 0.15) is 39.5 Å². The standard InChI is InChI=1S/C14H20BrNO2S/c1-11(2)16(12-7-3-4-8-12)19(17,18)14-10-6-5-9-13(14)15/h5-6,9-12H,3-4,7-8H2,1-2H3. The summed E-state index contributed by atoms with van der Waals surface area (Å²) in [5, 5.41) is 0. The Morgan fingerprint density at radius 2 is 1.79 bits per heavy atom. The van der Waals surface area contributed by atoms with Crippen LogP contribution < -0.4 is 0 Å². The fourth-order valence-corrected chi connectivity index (χ4v) is 5.67. The fraction of sp³-hybridized carbons (Fsp3) is 0.571. The third-order valence-corrected chi connectivity index (χ3v) is 6.73. The molecule has 1 aliphatic carbocycles. The molecule has 2 rings (SSSR count). The van der Waals surface area contributed by atoms with Crippen molar-refractivity contribution in [3.63, 3.8) is 0 Å². The number of rotatable bonds is 4. The topological polar surface area (TPSA) is 37.4 Å². The van der Waals surface area contributed by atoms with Gasteiger partial charge in [0.15, 0.2) is 0 Å². The van der Waals surface area contributed by atoms with Crippen LogP contribution in [0.25, 0.3) is 0 Å². The molecule has 0 atom stereocenters. The summed E-state index contributed by atoms with van der Waals surface area (Å²) in [5.41, 5.74) is 0. The van der Waals surface area contributed by atoms with Crippen LogP contribution in [-0.2, 0) is 10.0 Å². The van der Waals surface area contributed by atoms with Gasteiger partial charge < -0.3 is 0 Å². The Morgan fingerprint density at radius 3 is 2.32 bits per heavy atom. The Morgan fingerprint density at radius 1 is 1.21 bits per heavy atom. The lowest BCUT2D eigenvalue weighted by molar-refractivity contribution is 0.275. The smallest absolute Gasteiger partial charge is 0.207 e. The van der Waals surface area contributed by atoms with E-state index in [0.717, 1.165) is 25.7 Å². The molecule has 1 saturated carbocycles. The summed E-state index contributed by atoms with van der Waals surface area (Å²) in [7, 11) is -3.43. The summed E-state index contributed by atoms with van der Waals surface area (Å²) in [6, 6.07) is 7.18. The van der Waals surface area contributed by atoms with Crippen molar-refractivity contribution in [2.75, 3.05) is 0 Å². The maximum Gasteiger partial charge on any atom is 0.244 e. The van der Waals surface area contributed by atoms with Crippen LogP contribution in [0.15, 0.2) is 33.6 Å². The second-order valence-corrected chi connectivity index (χ2v) is 7.96. The molecule has 0 aromatic heterocycles. The number of benzene rings is 1. The van der Waals surface area contributed by atoms with E-state index in [-0.39, 0.29) is 12.1 Å². The second-order valence-electron chi connectivity index (χ2n) is 5.30. The Labute approximate surface area is 124 Å². The van der Waals surface area contributed by atoms with Crippen LogP contribution in [0.2, 0.25) is 0 Å². The summed E-state index contributed by atoms with van der Waals surface area (Å²) < 4.78 is 28.1. The normalized spacial score (nSPS) is 17.5. The van der Waals surface area contributed by atoms with Crippen molar-refractivity contribution >= 4 is 26.0 Å². The van der Waals surface area contributed by atoms with Crippen molar-refractivity contribution in [2.24, 2.45) is 0 Å². The quantitative estimate of drug-likeness (QED) is 0.832. The van der Waals surface area contributed by atoms with Gasteiger partial charge in [0, 0.05) is 16.6 Å². The first-order valence-corrected chi connectivity index (χ1v) is 8.96. The highest BCUT2D eigenvalue weighted by Gasteiger charge is 2.35. The van der Waals surface area contributed by atoms with Gasteiger partial charge in [0.25, 0.3) is 0 Å². The maximum absolute atomic E-state index is 12.9. The Balaban J connectivity index is 2.43. The number of halogens is 1. The zero-order valence-corrected chi connectivity index (χ0v) is 13.7. The van der Waals surface area contributed by atoms with Gasteiger partial charge >= 0.3 is 0 Å². The Kier molecular flexibility index (Phi) is 4.69. The summed E-state index contributed by atoms with van der Waals surface area (Å²) in [5.74, 6) is 0. The lowest BCUT2D eigenvalue weighted by Gasteiger charge is -2.31. The third-order valence-electron chi connectivity index (χ3n) is 3.59. The maximum atomic E-state index is 12.9. The van der Waals surface area contributed by atoms with Gasteiger partial charge in [-0.25, -0.2) is 8.42 Å². The summed E-state index contributed by atoms with van der Waals surface area (Å²) >= 11 is 3.35. The van der Waals surface area contributed by atoms with Gasteiger partial charge in [-0.15, -0.1) is 0 Å². The fourth-order valence-electron chi connectivity index (χ4n) is 2.82. The number of nitrogens with zero attached hydrogens (tertiary/aromatic N) is 1. The van der Waals surface area contributed by atoms with Gasteiger partial charge in [0.2, 0.25) is 10.0 Å². The molecule has 0 saturated heterocycles. The molecule has 0 radical (unpaired) electrons. The highest BCUT2D eigenvalue weighted by atomic mass is 79.9. The van der Waals surface area contributed by atoms with E-state index in [2.05, 4.69) is 15.9 Å². The van der Waals surface area contributed by atoms with E-state index < -0.39 is 10.0 Å². The first-order valence-electron chi connectivity index (χ1n) is 6.72. The SMILES string of the molecule is CC(C)N(C1CCCC1)S(=O)(=O)c1ccccc1Br. The molecule has 1 aromatic carbocycles. The average molecular weight is 346 g/mol. The van der Waals surface area contributed by atoms with Gasteiger partial charge in [-0.1, -0.05) is 25.0 Å². The van der Waals surface area contributed by atoms with Gasteiger partial charge in [-0.3, -0.25) is 0 Å². The van der Waals surface area contributed by atoms with Crippen LogP contribution in [0.4, 0.5) is 0 Å². The minimum absolute atomic E-state index is 0.0137. The largest absolute Gasteiger partial charge is 0.244 e. The van der Waals surface area contributed by atoms with E-state index in [0.29, 0.717) is 9.37 Å². The predicted octanol–water partition coefficient (Wildman–Crippen LogP) is 3.79. The monoisotopic (exact) mass is 345 g/mol. The molecule has 1 aliphatic rings. The van der Waals surface area contributed by atoms with E-state index in [9.17, 15) is 8.42 Å². The molecule has 0 bridgehead atoms. The molecule has 106 valence electrons. The summed E-state index contributed by atoms with van der Waals surface area (Å²) in [6.07, 6.45) is 4.20. The number of sulfonamides is 1. The molecular weight excluding hydrogens is 326 g/mol. The minimum Gasteiger partial charge on any atom is -0.207 e. The molecule has 3 nitrogen and oxygen atoms in total. The molecule has 5 heteroatoms. The molecule has 0 amide bonds. The zero-order chi connectivity index (χ0) is 14.0. The van der Waals surface area contributed by atoms with E-state index in [1.54, 1.807) is 22.5 Å². The lowest BCUT2D eigenvalue weighted by Crippen LogP contribution is -2.43. The minimum atomic E-state index is -3.43. The molecule has 1 fully saturated rings. The van der Waals surface area contributed by atoms with Gasteiger partial charge in [-0.05, 0) is 54.8 Å². The highest BCUT2D eigenvalue weighted by molar-refractivity contribution is 9.10. The van der Waals surface area contributed by atoms with Crippen LogP contribution >= 0.6 is 15.9 Å². The Bertz CT molecular complexity index is 536. The number of hydrogen-bond acceptors (Lipinski definition) is 2. The molecule has 0 unspecified atom stereocenters. The second kappa shape index (κ2) is 5.94. The molecule has 1 aromatic rings. The van der Waals surface area contributed by atoms with Gasteiger partial charge in [-0.2, -0.15) is 4.31 Å². The van der Waals surface area contributed by atoms with Gasteiger partial charge in [0.05, 0.1) is 4.90 Å². The summed E-state index contributed by atoms with van der Waals surface area (Å²) in [4.78, 5) is 0.371. The van der Waals surface area contributed by atoms with Crippen molar-refractivity contribution in [1.29, 1.82) is 0 Å². The molecule has 0 N–H and O–H groups in total. The van der Waals surface area contributed by atoms with Crippen molar-refractivity contribution in [3.8, 4) is 0 Å². The van der Waals surface area contributed by atoms with Crippen LogP contribution in [0.3, 0.4) is 0 Å². The first kappa shape index (κ1) is 15.0. The summed E-state index contributed by atoms with van der Waals surface area (Å²) in [6.45, 7) is 3.90. The zero-order valence-electron chi connectivity index (χ0n) is 11.3. The molecule has 0 aliphatic heterocycles. The third kappa shape index (κ3) is 3.03. The Hall–Kier alpha value is -0.390. The van der Waals surface area contributed by atoms with Crippen molar-refractivity contribution in [2.45, 2.75) is 56.5 Å². The number of hydrogen-bond donors (Lipinski definition) is 0. The molecule has 19 heavy (non-hydrogen) atoms. The molecule has 0 heterocycles. The average Bonchev–Trinajstić information content (AvgIpc) is 2.82. The van der Waals surface area contributed by atoms with Crippen molar-refractivity contribution < 1.29 is 8.42 Å². The van der Waals surface area contributed by atoms with E-state index in [1.165, 1.54) is 0 Å².